The average Bonchev–Trinajstić information content (AvgIpc) is 2.84. The van der Waals surface area contributed by atoms with Gasteiger partial charge in [-0.1, -0.05) is 0 Å². The van der Waals surface area contributed by atoms with Crippen LogP contribution in [0.5, 0.6) is 0 Å². The van der Waals surface area contributed by atoms with Gasteiger partial charge in [0.1, 0.15) is 0 Å². The van der Waals surface area contributed by atoms with Gasteiger partial charge in [0.05, 0.1) is 12.5 Å². The first kappa shape index (κ1) is 13.9. The van der Waals surface area contributed by atoms with Crippen molar-refractivity contribution in [1.82, 2.24) is 9.80 Å². The monoisotopic (exact) mass is 282 g/mol. The van der Waals surface area contributed by atoms with E-state index in [-0.39, 0.29) is 25.0 Å². The Balaban J connectivity index is 2.02. The largest absolute Gasteiger partial charge is 0.481 e. The molecule has 5 nitrogen and oxygen atoms in total. The van der Waals surface area contributed by atoms with Crippen molar-refractivity contribution in [2.75, 3.05) is 20.1 Å². The summed E-state index contributed by atoms with van der Waals surface area (Å²) in [6.07, 6.45) is 0.865. The highest BCUT2D eigenvalue weighted by Gasteiger charge is 2.29. The number of hydrogen-bond donors (Lipinski definition) is 1. The third-order valence-electron chi connectivity index (χ3n) is 3.51. The summed E-state index contributed by atoms with van der Waals surface area (Å²) in [6, 6.07) is 2.04. The average molecular weight is 282 g/mol. The van der Waals surface area contributed by atoms with E-state index in [1.165, 1.54) is 15.3 Å². The summed E-state index contributed by atoms with van der Waals surface area (Å²) >= 11 is 1.74. The maximum Gasteiger partial charge on any atom is 0.320 e. The zero-order valence-electron chi connectivity index (χ0n) is 11.1. The molecule has 1 aromatic rings. The lowest BCUT2D eigenvalue weighted by atomic mass is 10.0. The molecule has 0 radical (unpaired) electrons. The van der Waals surface area contributed by atoms with Gasteiger partial charge in [0, 0.05) is 25.0 Å². The minimum absolute atomic E-state index is 0.0197. The minimum atomic E-state index is -0.883. The number of aliphatic carboxylic acids is 1. The quantitative estimate of drug-likeness (QED) is 0.924. The van der Waals surface area contributed by atoms with Gasteiger partial charge in [-0.15, -0.1) is 11.3 Å². The second-order valence-electron chi connectivity index (χ2n) is 4.77. The summed E-state index contributed by atoms with van der Waals surface area (Å²) in [4.78, 5) is 27.5. The normalized spacial score (nSPS) is 18.0. The van der Waals surface area contributed by atoms with E-state index in [2.05, 4.69) is 11.4 Å². The molecule has 0 fully saturated rings. The van der Waals surface area contributed by atoms with Crippen LogP contribution in [-0.4, -0.2) is 47.0 Å². The van der Waals surface area contributed by atoms with Crippen LogP contribution in [0.3, 0.4) is 0 Å². The molecule has 0 aromatic carbocycles. The lowest BCUT2D eigenvalue weighted by Crippen LogP contribution is -2.45. The first-order valence-corrected chi connectivity index (χ1v) is 7.18. The van der Waals surface area contributed by atoms with E-state index in [9.17, 15) is 9.59 Å². The number of carboxylic acid groups (broad SMARTS) is 1. The zero-order chi connectivity index (χ0) is 14.0. The summed E-state index contributed by atoms with van der Waals surface area (Å²) in [5.41, 5.74) is 1.22. The Morgan fingerprint density at radius 3 is 3.00 bits per heavy atom. The van der Waals surface area contributed by atoms with E-state index in [0.717, 1.165) is 6.42 Å². The maximum atomic E-state index is 12.3. The number of amides is 2. The Morgan fingerprint density at radius 2 is 2.32 bits per heavy atom. The van der Waals surface area contributed by atoms with Gasteiger partial charge in [-0.2, -0.15) is 0 Å². The van der Waals surface area contributed by atoms with Crippen molar-refractivity contribution in [2.24, 2.45) is 0 Å². The zero-order valence-corrected chi connectivity index (χ0v) is 11.9. The molecule has 1 aliphatic heterocycles. The van der Waals surface area contributed by atoms with Crippen molar-refractivity contribution >= 4 is 23.3 Å². The molecule has 1 aromatic heterocycles. The topological polar surface area (TPSA) is 60.9 Å². The third kappa shape index (κ3) is 2.89. The van der Waals surface area contributed by atoms with Gasteiger partial charge in [0.15, 0.2) is 0 Å². The second-order valence-corrected chi connectivity index (χ2v) is 5.77. The molecule has 1 N–H and O–H groups in total. The molecule has 1 aliphatic rings. The molecule has 0 saturated heterocycles. The number of thiophene rings is 1. The van der Waals surface area contributed by atoms with Crippen LogP contribution in [0.15, 0.2) is 11.4 Å². The standard InChI is InChI=1S/C13H18N2O3S/c1-9-10-5-8-19-11(10)3-7-15(9)13(18)14(2)6-4-12(16)17/h5,8-9H,3-4,6-7H2,1-2H3,(H,16,17). The fraction of sp³-hybridized carbons (Fsp3) is 0.538. The molecule has 0 saturated carbocycles. The van der Waals surface area contributed by atoms with Crippen molar-refractivity contribution in [2.45, 2.75) is 25.8 Å². The highest BCUT2D eigenvalue weighted by Crippen LogP contribution is 2.33. The number of carbonyl (C=O) groups excluding carboxylic acids is 1. The van der Waals surface area contributed by atoms with E-state index in [1.807, 2.05) is 11.8 Å². The van der Waals surface area contributed by atoms with Crippen molar-refractivity contribution in [3.63, 3.8) is 0 Å². The second kappa shape index (κ2) is 5.61. The van der Waals surface area contributed by atoms with Crippen molar-refractivity contribution < 1.29 is 14.7 Å². The molecule has 2 heterocycles. The van der Waals surface area contributed by atoms with Gasteiger partial charge >= 0.3 is 12.0 Å². The predicted octanol–water partition coefficient (Wildman–Crippen LogP) is 2.19. The van der Waals surface area contributed by atoms with Crippen LogP contribution in [0.25, 0.3) is 0 Å². The molecular weight excluding hydrogens is 264 g/mol. The summed E-state index contributed by atoms with van der Waals surface area (Å²) in [5.74, 6) is -0.883. The predicted molar refractivity (Wildman–Crippen MR) is 73.4 cm³/mol. The third-order valence-corrected chi connectivity index (χ3v) is 4.51. The fourth-order valence-corrected chi connectivity index (χ4v) is 3.31. The van der Waals surface area contributed by atoms with Crippen LogP contribution in [0.2, 0.25) is 0 Å². The Bertz CT molecular complexity index is 486. The molecule has 2 rings (SSSR count). The molecule has 1 atom stereocenters. The fourth-order valence-electron chi connectivity index (χ4n) is 2.35. The van der Waals surface area contributed by atoms with Gasteiger partial charge < -0.3 is 14.9 Å². The van der Waals surface area contributed by atoms with Gasteiger partial charge in [0.25, 0.3) is 0 Å². The number of fused-ring (bicyclic) bond motifs is 1. The molecular formula is C13H18N2O3S. The number of rotatable bonds is 3. The van der Waals surface area contributed by atoms with Crippen molar-refractivity contribution in [3.8, 4) is 0 Å². The summed E-state index contributed by atoms with van der Waals surface area (Å²) in [5, 5.41) is 10.7. The molecule has 0 spiro atoms. The smallest absolute Gasteiger partial charge is 0.320 e. The van der Waals surface area contributed by atoms with Gasteiger partial charge in [-0.05, 0) is 30.4 Å². The molecule has 0 aliphatic carbocycles. The van der Waals surface area contributed by atoms with Crippen LogP contribution in [0.4, 0.5) is 4.79 Å². The Labute approximate surface area is 116 Å². The highest BCUT2D eigenvalue weighted by atomic mass is 32.1. The van der Waals surface area contributed by atoms with Gasteiger partial charge in [-0.3, -0.25) is 4.79 Å². The lowest BCUT2D eigenvalue weighted by Gasteiger charge is -2.36. The van der Waals surface area contributed by atoms with Gasteiger partial charge in [-0.25, -0.2) is 4.79 Å². The summed E-state index contributed by atoms with van der Waals surface area (Å²) in [6.45, 7) is 2.96. The lowest BCUT2D eigenvalue weighted by molar-refractivity contribution is -0.137. The van der Waals surface area contributed by atoms with E-state index in [4.69, 9.17) is 5.11 Å². The molecule has 6 heteroatoms. The van der Waals surface area contributed by atoms with Crippen LogP contribution in [-0.2, 0) is 11.2 Å². The molecule has 2 amide bonds. The Hall–Kier alpha value is -1.56. The SMILES string of the molecule is CC1c2ccsc2CCN1C(=O)N(C)CCC(=O)O. The Kier molecular flexibility index (Phi) is 4.09. The van der Waals surface area contributed by atoms with Gasteiger partial charge in [0.2, 0.25) is 0 Å². The van der Waals surface area contributed by atoms with Crippen molar-refractivity contribution in [3.05, 3.63) is 21.9 Å². The van der Waals surface area contributed by atoms with E-state index < -0.39 is 5.97 Å². The number of nitrogens with zero attached hydrogens (tertiary/aromatic N) is 2. The number of urea groups is 1. The van der Waals surface area contributed by atoms with E-state index in [0.29, 0.717) is 6.54 Å². The molecule has 104 valence electrons. The molecule has 1 unspecified atom stereocenters. The van der Waals surface area contributed by atoms with Crippen LogP contribution in [0.1, 0.15) is 29.8 Å². The number of hydrogen-bond acceptors (Lipinski definition) is 3. The summed E-state index contributed by atoms with van der Waals surface area (Å²) < 4.78 is 0. The highest BCUT2D eigenvalue weighted by molar-refractivity contribution is 7.10. The van der Waals surface area contributed by atoms with Crippen LogP contribution < -0.4 is 0 Å². The molecule has 19 heavy (non-hydrogen) atoms. The number of carbonyl (C=O) groups is 2. The Morgan fingerprint density at radius 1 is 1.58 bits per heavy atom. The van der Waals surface area contributed by atoms with Crippen LogP contribution in [0, 0.1) is 0 Å². The van der Waals surface area contributed by atoms with Crippen LogP contribution >= 0.6 is 11.3 Å². The van der Waals surface area contributed by atoms with Crippen molar-refractivity contribution in [1.29, 1.82) is 0 Å². The number of carboxylic acids is 1. The molecule has 0 bridgehead atoms. The maximum absolute atomic E-state index is 12.3. The first-order chi connectivity index (χ1) is 9.00. The van der Waals surface area contributed by atoms with E-state index in [1.54, 1.807) is 18.4 Å². The summed E-state index contributed by atoms with van der Waals surface area (Å²) in [7, 11) is 1.65. The van der Waals surface area contributed by atoms with E-state index >= 15 is 0 Å². The minimum Gasteiger partial charge on any atom is -0.481 e. The first-order valence-electron chi connectivity index (χ1n) is 6.30.